The third kappa shape index (κ3) is 4.14. The molecule has 0 bridgehead atoms. The van der Waals surface area contributed by atoms with Gasteiger partial charge in [0.25, 0.3) is 0 Å². The molecule has 1 spiro atoms. The molecular formula is C49H33N. The monoisotopic (exact) mass is 643 g/mol. The smallest absolute Gasteiger partial charge is 0.0726 e. The number of rotatable bonds is 5. The maximum Gasteiger partial charge on any atom is 0.0726 e. The Hall–Kier alpha value is -6.44. The first-order valence-electron chi connectivity index (χ1n) is 20.7. The van der Waals surface area contributed by atoms with Crippen molar-refractivity contribution in [1.29, 1.82) is 0 Å². The molecule has 0 aromatic heterocycles. The van der Waals surface area contributed by atoms with E-state index in [0.29, 0.717) is 11.1 Å². The minimum Gasteiger partial charge on any atom is -0.310 e. The summed E-state index contributed by atoms with van der Waals surface area (Å²) < 4.78 is 72.5. The molecule has 8 aromatic rings. The minimum absolute atomic E-state index is 0.103. The van der Waals surface area contributed by atoms with Crippen LogP contribution < -0.4 is 4.90 Å². The highest BCUT2D eigenvalue weighted by molar-refractivity contribution is 6.01. The molecule has 0 radical (unpaired) electrons. The van der Waals surface area contributed by atoms with E-state index < -0.39 is 29.6 Å². The zero-order chi connectivity index (χ0) is 40.0. The van der Waals surface area contributed by atoms with Gasteiger partial charge in [-0.25, -0.2) is 0 Å². The van der Waals surface area contributed by atoms with E-state index in [-0.39, 0.29) is 46.4 Å². The molecule has 0 N–H and O–H groups in total. The number of benzene rings is 8. The van der Waals surface area contributed by atoms with Crippen LogP contribution in [0.4, 0.5) is 17.1 Å². The zero-order valence-electron chi connectivity index (χ0n) is 34.9. The summed E-state index contributed by atoms with van der Waals surface area (Å²) in [6.45, 7) is 0. The van der Waals surface area contributed by atoms with Crippen LogP contribution in [0.15, 0.2) is 200 Å². The van der Waals surface area contributed by atoms with Crippen LogP contribution in [0.3, 0.4) is 0 Å². The molecule has 2 aliphatic rings. The number of anilines is 3. The predicted molar refractivity (Wildman–Crippen MR) is 208 cm³/mol. The van der Waals surface area contributed by atoms with E-state index in [4.69, 9.17) is 5.48 Å². The SMILES string of the molecule is [2H]c1c([2H])c([2H])c2c(c1[2H])-c1c([2H])c([2H])c([2H])c([2H])c1C21c2ccccc2-c2c(N(c3ccc(-c4ccccc4)cc3)c3ccc(-c4ccccc4)cc3)cccc21. The van der Waals surface area contributed by atoms with E-state index in [2.05, 4.69) is 77.7 Å². The highest BCUT2D eigenvalue weighted by Gasteiger charge is 2.52. The van der Waals surface area contributed by atoms with Crippen LogP contribution in [-0.2, 0) is 5.41 Å². The fourth-order valence-electron chi connectivity index (χ4n) is 8.02. The topological polar surface area (TPSA) is 3.24 Å². The lowest BCUT2D eigenvalue weighted by atomic mass is 9.70. The number of fused-ring (bicyclic) bond motifs is 10. The summed E-state index contributed by atoms with van der Waals surface area (Å²) >= 11 is 0. The van der Waals surface area contributed by atoms with Gasteiger partial charge in [-0.2, -0.15) is 0 Å². The second kappa shape index (κ2) is 11.3. The molecule has 1 nitrogen and oxygen atoms in total. The quantitative estimate of drug-likeness (QED) is 0.180. The van der Waals surface area contributed by atoms with E-state index >= 15 is 0 Å². The lowest BCUT2D eigenvalue weighted by molar-refractivity contribution is 0.794. The van der Waals surface area contributed by atoms with Crippen LogP contribution in [0.2, 0.25) is 0 Å². The molecule has 2 aliphatic carbocycles. The third-order valence-corrected chi connectivity index (χ3v) is 10.1. The van der Waals surface area contributed by atoms with Crippen molar-refractivity contribution >= 4 is 17.1 Å². The predicted octanol–water partition coefficient (Wildman–Crippen LogP) is 12.8. The van der Waals surface area contributed by atoms with Crippen molar-refractivity contribution in [1.82, 2.24) is 0 Å². The molecule has 50 heavy (non-hydrogen) atoms. The van der Waals surface area contributed by atoms with Gasteiger partial charge in [0, 0.05) is 16.9 Å². The van der Waals surface area contributed by atoms with Crippen LogP contribution in [0.5, 0.6) is 0 Å². The summed E-state index contributed by atoms with van der Waals surface area (Å²) in [6.07, 6.45) is 0. The average Bonchev–Trinajstić information content (AvgIpc) is 3.76. The van der Waals surface area contributed by atoms with Crippen LogP contribution in [0, 0.1) is 0 Å². The van der Waals surface area contributed by atoms with Gasteiger partial charge in [-0.1, -0.05) is 170 Å². The summed E-state index contributed by atoms with van der Waals surface area (Å²) in [6, 6.07) is 47.8. The molecule has 0 saturated carbocycles. The van der Waals surface area contributed by atoms with Crippen LogP contribution in [-0.4, -0.2) is 0 Å². The standard InChI is InChI=1S/C49H33N/c1-3-14-34(15-4-1)36-26-30-38(31-27-36)50(39-32-28-37(29-33-39)35-16-5-2-6-17-35)47-25-13-24-46-48(47)42-20-9-12-23-45(42)49(46)43-21-10-7-18-40(43)41-19-8-11-22-44(41)49/h1-33H/i7D,8D,10D,11D,18D,19D,21D,22D. The summed E-state index contributed by atoms with van der Waals surface area (Å²) in [5, 5.41) is 0. The van der Waals surface area contributed by atoms with Crippen molar-refractivity contribution in [3.63, 3.8) is 0 Å². The van der Waals surface area contributed by atoms with Gasteiger partial charge in [-0.05, 0) is 91.5 Å². The molecular weight excluding hydrogens is 603 g/mol. The number of nitrogens with zero attached hydrogens (tertiary/aromatic N) is 1. The lowest BCUT2D eigenvalue weighted by Gasteiger charge is -2.32. The molecule has 10 rings (SSSR count). The van der Waals surface area contributed by atoms with Crippen molar-refractivity contribution < 1.29 is 11.0 Å². The zero-order valence-corrected chi connectivity index (χ0v) is 26.9. The molecule has 0 unspecified atom stereocenters. The fraction of sp³-hybridized carbons (Fsp3) is 0.0204. The molecule has 0 atom stereocenters. The van der Waals surface area contributed by atoms with Crippen molar-refractivity contribution in [3.05, 3.63) is 222 Å². The van der Waals surface area contributed by atoms with E-state index in [9.17, 15) is 5.48 Å². The maximum atomic E-state index is 9.48. The molecule has 0 amide bonds. The Kier molecular flexibility index (Phi) is 4.87. The van der Waals surface area contributed by atoms with Crippen molar-refractivity contribution in [2.45, 2.75) is 5.41 Å². The second-order valence-corrected chi connectivity index (χ2v) is 12.7. The molecule has 234 valence electrons. The van der Waals surface area contributed by atoms with Crippen molar-refractivity contribution in [3.8, 4) is 44.5 Å². The van der Waals surface area contributed by atoms with Gasteiger partial charge in [0.1, 0.15) is 0 Å². The largest absolute Gasteiger partial charge is 0.310 e. The highest BCUT2D eigenvalue weighted by Crippen LogP contribution is 2.64. The summed E-state index contributed by atoms with van der Waals surface area (Å²) in [4.78, 5) is 2.19. The number of hydrogen-bond acceptors (Lipinski definition) is 1. The third-order valence-electron chi connectivity index (χ3n) is 10.1. The van der Waals surface area contributed by atoms with Crippen molar-refractivity contribution in [2.24, 2.45) is 0 Å². The Balaban J connectivity index is 1.29. The molecule has 0 heterocycles. The summed E-state index contributed by atoms with van der Waals surface area (Å²) in [7, 11) is 0. The molecule has 0 aliphatic heterocycles. The van der Waals surface area contributed by atoms with Crippen LogP contribution in [0.25, 0.3) is 44.5 Å². The van der Waals surface area contributed by atoms with Gasteiger partial charge < -0.3 is 4.90 Å². The maximum absolute atomic E-state index is 9.48. The first-order chi connectivity index (χ1) is 28.1. The first kappa shape index (κ1) is 21.5. The van der Waals surface area contributed by atoms with Crippen LogP contribution >= 0.6 is 0 Å². The minimum atomic E-state index is -1.49. The Morgan fingerprint density at radius 3 is 1.38 bits per heavy atom. The summed E-state index contributed by atoms with van der Waals surface area (Å²) in [5.74, 6) is 0. The van der Waals surface area contributed by atoms with Crippen molar-refractivity contribution in [2.75, 3.05) is 4.90 Å². The molecule has 8 aromatic carbocycles. The first-order valence-corrected chi connectivity index (χ1v) is 16.7. The average molecular weight is 644 g/mol. The van der Waals surface area contributed by atoms with Gasteiger partial charge in [0.15, 0.2) is 0 Å². The number of hydrogen-bond donors (Lipinski definition) is 0. The van der Waals surface area contributed by atoms with E-state index in [1.807, 2.05) is 78.9 Å². The Morgan fingerprint density at radius 2 is 0.820 bits per heavy atom. The highest BCUT2D eigenvalue weighted by atomic mass is 15.1. The van der Waals surface area contributed by atoms with E-state index in [1.54, 1.807) is 0 Å². The van der Waals surface area contributed by atoms with Gasteiger partial charge in [-0.15, -0.1) is 0 Å². The Morgan fingerprint density at radius 1 is 0.360 bits per heavy atom. The van der Waals surface area contributed by atoms with E-state index in [0.717, 1.165) is 50.4 Å². The van der Waals surface area contributed by atoms with Crippen LogP contribution in [0.1, 0.15) is 33.2 Å². The van der Waals surface area contributed by atoms with Gasteiger partial charge in [0.2, 0.25) is 0 Å². The molecule has 0 fully saturated rings. The normalized spacial score (nSPS) is 15.2. The van der Waals surface area contributed by atoms with Gasteiger partial charge >= 0.3 is 0 Å². The molecule has 1 heteroatoms. The summed E-state index contributed by atoms with van der Waals surface area (Å²) in [5.41, 5.74) is 9.04. The van der Waals surface area contributed by atoms with Gasteiger partial charge in [0.05, 0.1) is 22.1 Å². The lowest BCUT2D eigenvalue weighted by Crippen LogP contribution is -2.26. The second-order valence-electron chi connectivity index (χ2n) is 12.7. The molecule has 0 saturated heterocycles. The Bertz CT molecular complexity index is 2810. The fourth-order valence-corrected chi connectivity index (χ4v) is 8.02. The Labute approximate surface area is 304 Å². The van der Waals surface area contributed by atoms with E-state index in [1.165, 1.54) is 0 Å². The van der Waals surface area contributed by atoms with Gasteiger partial charge in [-0.3, -0.25) is 0 Å².